The summed E-state index contributed by atoms with van der Waals surface area (Å²) in [5.41, 5.74) is 8.72. The average Bonchev–Trinajstić information content (AvgIpc) is 3.07. The molecular weight excluding hydrogens is 342 g/mol. The van der Waals surface area contributed by atoms with Crippen LogP contribution >= 0.6 is 0 Å². The van der Waals surface area contributed by atoms with E-state index in [1.54, 1.807) is 16.8 Å². The van der Waals surface area contributed by atoms with Gasteiger partial charge in [-0.2, -0.15) is 5.10 Å². The number of carbonyl (C=O) groups is 1. The second-order valence-electron chi connectivity index (χ2n) is 6.65. The van der Waals surface area contributed by atoms with Crippen LogP contribution in [0.4, 0.5) is 5.82 Å². The van der Waals surface area contributed by atoms with E-state index < -0.39 is 0 Å². The molecule has 0 spiro atoms. The Kier molecular flexibility index (Phi) is 5.57. The smallest absolute Gasteiger partial charge is 0.198 e. The van der Waals surface area contributed by atoms with Crippen LogP contribution in [0, 0.1) is 12.8 Å². The lowest BCUT2D eigenvalue weighted by Gasteiger charge is -2.12. The third-order valence-corrected chi connectivity index (χ3v) is 4.21. The second-order valence-corrected chi connectivity index (χ2v) is 6.65. The lowest BCUT2D eigenvalue weighted by atomic mass is 10.0. The molecule has 1 heterocycles. The minimum Gasteiger partial charge on any atom is -0.493 e. The van der Waals surface area contributed by atoms with Crippen LogP contribution in [0.25, 0.3) is 5.69 Å². The number of nitrogens with two attached hydrogens (primary N) is 1. The molecule has 0 aliphatic heterocycles. The SMILES string of the molecule is Cc1cc(OC[C@@H](C)CO)cc(C(=O)c2cnn(-c3ccccc3)c2N)c1. The van der Waals surface area contributed by atoms with Crippen molar-refractivity contribution in [2.24, 2.45) is 5.92 Å². The number of benzene rings is 2. The number of ether oxygens (including phenoxy) is 1. The third kappa shape index (κ3) is 4.17. The number of aliphatic hydroxyl groups is 1. The standard InChI is InChI=1S/C21H23N3O3/c1-14-8-16(10-18(9-14)27-13-15(2)12-25)20(26)19-11-23-24(21(19)22)17-6-4-3-5-7-17/h3-11,15,25H,12-13,22H2,1-2H3/t15-/m0/s1. The van der Waals surface area contributed by atoms with Gasteiger partial charge in [0, 0.05) is 18.1 Å². The maximum absolute atomic E-state index is 13.0. The van der Waals surface area contributed by atoms with Gasteiger partial charge in [0.1, 0.15) is 11.6 Å². The summed E-state index contributed by atoms with van der Waals surface area (Å²) >= 11 is 0. The zero-order valence-corrected chi connectivity index (χ0v) is 15.4. The zero-order valence-electron chi connectivity index (χ0n) is 15.4. The Hall–Kier alpha value is -3.12. The van der Waals surface area contributed by atoms with E-state index in [4.69, 9.17) is 15.6 Å². The third-order valence-electron chi connectivity index (χ3n) is 4.21. The fraction of sp³-hybridized carbons (Fsp3) is 0.238. The first kappa shape index (κ1) is 18.7. The van der Waals surface area contributed by atoms with Crippen molar-refractivity contribution in [2.75, 3.05) is 18.9 Å². The number of nitrogen functional groups attached to an aromatic ring is 1. The number of aliphatic hydroxyl groups excluding tert-OH is 1. The molecule has 0 saturated heterocycles. The highest BCUT2D eigenvalue weighted by atomic mass is 16.5. The normalized spacial score (nSPS) is 12.0. The average molecular weight is 365 g/mol. The summed E-state index contributed by atoms with van der Waals surface area (Å²) in [5.74, 6) is 0.694. The van der Waals surface area contributed by atoms with Gasteiger partial charge in [-0.25, -0.2) is 4.68 Å². The van der Waals surface area contributed by atoms with E-state index in [0.717, 1.165) is 11.3 Å². The quantitative estimate of drug-likeness (QED) is 0.628. The van der Waals surface area contributed by atoms with Gasteiger partial charge in [-0.1, -0.05) is 25.1 Å². The summed E-state index contributed by atoms with van der Waals surface area (Å²) in [5, 5.41) is 13.4. The molecule has 3 aromatic rings. The number of anilines is 1. The van der Waals surface area contributed by atoms with Crippen molar-refractivity contribution in [1.82, 2.24) is 9.78 Å². The summed E-state index contributed by atoms with van der Waals surface area (Å²) in [7, 11) is 0. The van der Waals surface area contributed by atoms with E-state index in [0.29, 0.717) is 29.3 Å². The van der Waals surface area contributed by atoms with Gasteiger partial charge in [0.15, 0.2) is 5.78 Å². The highest BCUT2D eigenvalue weighted by molar-refractivity contribution is 6.12. The van der Waals surface area contributed by atoms with Crippen LogP contribution in [0.15, 0.2) is 54.7 Å². The van der Waals surface area contributed by atoms with Crippen molar-refractivity contribution in [2.45, 2.75) is 13.8 Å². The van der Waals surface area contributed by atoms with Crippen LogP contribution in [0.2, 0.25) is 0 Å². The van der Waals surface area contributed by atoms with Crippen LogP contribution in [-0.2, 0) is 0 Å². The Balaban J connectivity index is 1.88. The van der Waals surface area contributed by atoms with Crippen molar-refractivity contribution in [1.29, 1.82) is 0 Å². The minimum absolute atomic E-state index is 0.0180. The monoisotopic (exact) mass is 365 g/mol. The first-order valence-corrected chi connectivity index (χ1v) is 8.78. The van der Waals surface area contributed by atoms with E-state index in [9.17, 15) is 4.79 Å². The van der Waals surface area contributed by atoms with Gasteiger partial charge >= 0.3 is 0 Å². The fourth-order valence-electron chi connectivity index (χ4n) is 2.72. The molecule has 0 fully saturated rings. The van der Waals surface area contributed by atoms with E-state index in [-0.39, 0.29) is 18.3 Å². The Morgan fingerprint density at radius 2 is 2.00 bits per heavy atom. The molecule has 0 radical (unpaired) electrons. The minimum atomic E-state index is -0.210. The van der Waals surface area contributed by atoms with E-state index >= 15 is 0 Å². The van der Waals surface area contributed by atoms with Crippen LogP contribution in [0.3, 0.4) is 0 Å². The van der Waals surface area contributed by atoms with E-state index in [2.05, 4.69) is 5.10 Å². The maximum atomic E-state index is 13.0. The highest BCUT2D eigenvalue weighted by Crippen LogP contribution is 2.24. The number of hydrogen-bond acceptors (Lipinski definition) is 5. The van der Waals surface area contributed by atoms with Crippen molar-refractivity contribution in [3.05, 3.63) is 71.4 Å². The zero-order chi connectivity index (χ0) is 19.4. The largest absolute Gasteiger partial charge is 0.493 e. The molecule has 0 aliphatic carbocycles. The Bertz CT molecular complexity index is 935. The van der Waals surface area contributed by atoms with Crippen LogP contribution in [-0.4, -0.2) is 33.9 Å². The van der Waals surface area contributed by atoms with Gasteiger partial charge in [-0.05, 0) is 42.8 Å². The molecule has 140 valence electrons. The molecular formula is C21H23N3O3. The number of ketones is 1. The van der Waals surface area contributed by atoms with Crippen LogP contribution in [0.1, 0.15) is 28.4 Å². The number of nitrogens with zero attached hydrogens (tertiary/aromatic N) is 2. The van der Waals surface area contributed by atoms with Crippen molar-refractivity contribution < 1.29 is 14.6 Å². The number of rotatable bonds is 7. The van der Waals surface area contributed by atoms with Crippen molar-refractivity contribution in [3.63, 3.8) is 0 Å². The summed E-state index contributed by atoms with van der Waals surface area (Å²) in [6, 6.07) is 14.8. The lowest BCUT2D eigenvalue weighted by molar-refractivity contribution is 0.103. The van der Waals surface area contributed by atoms with Crippen molar-refractivity contribution >= 4 is 11.6 Å². The highest BCUT2D eigenvalue weighted by Gasteiger charge is 2.19. The molecule has 6 nitrogen and oxygen atoms in total. The summed E-state index contributed by atoms with van der Waals surface area (Å²) in [4.78, 5) is 13.0. The Morgan fingerprint density at radius 1 is 1.26 bits per heavy atom. The number of hydrogen-bond donors (Lipinski definition) is 2. The van der Waals surface area contributed by atoms with E-state index in [1.807, 2.05) is 50.2 Å². The number of aryl methyl sites for hydroxylation is 1. The Labute approximate surface area is 158 Å². The van der Waals surface area contributed by atoms with E-state index in [1.165, 1.54) is 6.20 Å². The molecule has 1 atom stereocenters. The summed E-state index contributed by atoms with van der Waals surface area (Å²) in [6.45, 7) is 4.21. The molecule has 3 N–H and O–H groups in total. The first-order valence-electron chi connectivity index (χ1n) is 8.78. The van der Waals surface area contributed by atoms with Gasteiger partial charge in [0.2, 0.25) is 0 Å². The van der Waals surface area contributed by atoms with Gasteiger partial charge < -0.3 is 15.6 Å². The summed E-state index contributed by atoms with van der Waals surface area (Å²) in [6.07, 6.45) is 1.49. The molecule has 3 rings (SSSR count). The molecule has 2 aromatic carbocycles. The topological polar surface area (TPSA) is 90.4 Å². The molecule has 0 unspecified atom stereocenters. The van der Waals surface area contributed by atoms with Gasteiger partial charge in [-0.3, -0.25) is 4.79 Å². The summed E-state index contributed by atoms with van der Waals surface area (Å²) < 4.78 is 7.25. The Morgan fingerprint density at radius 3 is 2.70 bits per heavy atom. The maximum Gasteiger partial charge on any atom is 0.198 e. The van der Waals surface area contributed by atoms with Crippen molar-refractivity contribution in [3.8, 4) is 11.4 Å². The molecule has 27 heavy (non-hydrogen) atoms. The lowest BCUT2D eigenvalue weighted by Crippen LogP contribution is -2.13. The van der Waals surface area contributed by atoms with Crippen LogP contribution in [0.5, 0.6) is 5.75 Å². The molecule has 0 bridgehead atoms. The van der Waals surface area contributed by atoms with Gasteiger partial charge in [0.05, 0.1) is 24.1 Å². The predicted molar refractivity (Wildman–Crippen MR) is 104 cm³/mol. The number of para-hydroxylation sites is 1. The second kappa shape index (κ2) is 8.05. The predicted octanol–water partition coefficient (Wildman–Crippen LogP) is 3.00. The first-order chi connectivity index (χ1) is 13.0. The molecule has 6 heteroatoms. The molecule has 1 aromatic heterocycles. The van der Waals surface area contributed by atoms with Gasteiger partial charge in [-0.15, -0.1) is 0 Å². The van der Waals surface area contributed by atoms with Gasteiger partial charge in [0.25, 0.3) is 0 Å². The van der Waals surface area contributed by atoms with Crippen LogP contribution < -0.4 is 10.5 Å². The fourth-order valence-corrected chi connectivity index (χ4v) is 2.72. The number of carbonyl (C=O) groups excluding carboxylic acids is 1. The molecule has 0 aliphatic rings. The molecule has 0 amide bonds. The molecule has 0 saturated carbocycles. The number of aromatic nitrogens is 2.